The number of hydrogen-bond donors (Lipinski definition) is 3. The van der Waals surface area contributed by atoms with Crippen LogP contribution in [0.15, 0.2) is 0 Å². The van der Waals surface area contributed by atoms with E-state index >= 15 is 0 Å². The maximum atomic E-state index is 12.1. The van der Waals surface area contributed by atoms with Crippen LogP contribution in [0.2, 0.25) is 0 Å². The van der Waals surface area contributed by atoms with Gasteiger partial charge in [0, 0.05) is 6.54 Å². The lowest BCUT2D eigenvalue weighted by molar-refractivity contribution is -0.206. The van der Waals surface area contributed by atoms with E-state index in [0.717, 1.165) is 0 Å². The molecule has 3 saturated heterocycles. The third-order valence-corrected chi connectivity index (χ3v) is 4.11. The number of urea groups is 1. The average molecular weight is 316 g/mol. The molecule has 3 heterocycles. The van der Waals surface area contributed by atoms with E-state index in [1.165, 1.54) is 4.90 Å². The lowest BCUT2D eigenvalue weighted by Crippen LogP contribution is -2.60. The zero-order chi connectivity index (χ0) is 16.1. The summed E-state index contributed by atoms with van der Waals surface area (Å²) in [6.07, 6.45) is -2.46. The molecule has 3 rings (SSSR count). The number of nitrogens with zero attached hydrogens (tertiary/aromatic N) is 1. The van der Waals surface area contributed by atoms with Crippen molar-refractivity contribution in [1.29, 1.82) is 0 Å². The third kappa shape index (κ3) is 2.48. The molecule has 0 spiro atoms. The van der Waals surface area contributed by atoms with Crippen LogP contribution < -0.4 is 5.32 Å². The second-order valence-corrected chi connectivity index (χ2v) is 6.14. The van der Waals surface area contributed by atoms with Gasteiger partial charge in [-0.3, -0.25) is 15.0 Å². The Bertz CT molecular complexity index is 483. The lowest BCUT2D eigenvalue weighted by atomic mass is 10.1. The van der Waals surface area contributed by atoms with Gasteiger partial charge < -0.3 is 24.4 Å². The van der Waals surface area contributed by atoms with Gasteiger partial charge in [0.1, 0.15) is 18.3 Å². The number of hydrogen-bond acceptors (Lipinski definition) is 7. The molecule has 0 radical (unpaired) electrons. The van der Waals surface area contributed by atoms with Gasteiger partial charge in [-0.1, -0.05) is 0 Å². The predicted octanol–water partition coefficient (Wildman–Crippen LogP) is -1.62. The van der Waals surface area contributed by atoms with Crippen LogP contribution in [0, 0.1) is 5.92 Å². The van der Waals surface area contributed by atoms with E-state index in [1.54, 1.807) is 13.8 Å². The smallest absolute Gasteiger partial charge is 0.326 e. The molecule has 0 saturated carbocycles. The lowest BCUT2D eigenvalue weighted by Gasteiger charge is -2.37. The molecule has 5 atom stereocenters. The molecule has 0 aromatic heterocycles. The van der Waals surface area contributed by atoms with Gasteiger partial charge in [0.05, 0.1) is 19.1 Å². The Balaban J connectivity index is 1.81. The number of carbonyl (C=O) groups excluding carboxylic acids is 2. The van der Waals surface area contributed by atoms with Crippen molar-refractivity contribution in [3.05, 3.63) is 0 Å². The monoisotopic (exact) mass is 316 g/mol. The van der Waals surface area contributed by atoms with Gasteiger partial charge in [0.2, 0.25) is 5.91 Å². The normalized spacial score (nSPS) is 40.7. The number of amides is 3. The first-order valence-corrected chi connectivity index (χ1v) is 7.20. The highest BCUT2D eigenvalue weighted by molar-refractivity contribution is 5.98. The Morgan fingerprint density at radius 1 is 1.23 bits per heavy atom. The van der Waals surface area contributed by atoms with E-state index in [1.807, 2.05) is 0 Å². The molecule has 3 aliphatic rings. The van der Waals surface area contributed by atoms with Crippen molar-refractivity contribution < 1.29 is 34.0 Å². The van der Waals surface area contributed by atoms with Crippen LogP contribution in [0.25, 0.3) is 0 Å². The fourth-order valence-electron chi connectivity index (χ4n) is 3.10. The molecule has 3 N–H and O–H groups in total. The molecule has 9 heteroatoms. The summed E-state index contributed by atoms with van der Waals surface area (Å²) in [6, 6.07) is -0.606. The second-order valence-electron chi connectivity index (χ2n) is 6.14. The fourth-order valence-corrected chi connectivity index (χ4v) is 3.10. The molecular weight excluding hydrogens is 296 g/mol. The number of nitrogens with one attached hydrogen (secondary N) is 1. The van der Waals surface area contributed by atoms with E-state index in [9.17, 15) is 19.8 Å². The third-order valence-electron chi connectivity index (χ3n) is 4.11. The summed E-state index contributed by atoms with van der Waals surface area (Å²) in [5, 5.41) is 20.9. The molecule has 0 aromatic rings. The van der Waals surface area contributed by atoms with Crippen molar-refractivity contribution in [2.75, 3.05) is 19.8 Å². The summed E-state index contributed by atoms with van der Waals surface area (Å²) < 4.78 is 17.2. The maximum Gasteiger partial charge on any atom is 0.326 e. The minimum Gasteiger partial charge on any atom is -0.395 e. The number of aliphatic hydroxyl groups is 2. The van der Waals surface area contributed by atoms with Crippen LogP contribution in [0.5, 0.6) is 0 Å². The Kier molecular flexibility index (Phi) is 3.86. The topological polar surface area (TPSA) is 118 Å². The number of aliphatic hydroxyl groups excluding tert-OH is 2. The molecule has 0 aromatic carbocycles. The van der Waals surface area contributed by atoms with Crippen molar-refractivity contribution in [2.24, 2.45) is 5.92 Å². The Morgan fingerprint density at radius 2 is 1.91 bits per heavy atom. The van der Waals surface area contributed by atoms with Gasteiger partial charge in [-0.15, -0.1) is 0 Å². The highest BCUT2D eigenvalue weighted by atomic mass is 16.8. The van der Waals surface area contributed by atoms with Crippen LogP contribution in [-0.4, -0.2) is 77.1 Å². The van der Waals surface area contributed by atoms with Crippen molar-refractivity contribution in [2.45, 2.75) is 44.2 Å². The fraction of sp³-hybridized carbons (Fsp3) is 0.846. The van der Waals surface area contributed by atoms with Crippen LogP contribution in [0.3, 0.4) is 0 Å². The van der Waals surface area contributed by atoms with E-state index in [0.29, 0.717) is 0 Å². The van der Waals surface area contributed by atoms with Crippen molar-refractivity contribution in [3.63, 3.8) is 0 Å². The Morgan fingerprint density at radius 3 is 2.55 bits per heavy atom. The maximum absolute atomic E-state index is 12.1. The molecule has 0 aliphatic carbocycles. The van der Waals surface area contributed by atoms with E-state index in [4.69, 9.17) is 14.2 Å². The van der Waals surface area contributed by atoms with Crippen molar-refractivity contribution in [1.82, 2.24) is 10.2 Å². The summed E-state index contributed by atoms with van der Waals surface area (Å²) in [5.41, 5.74) is 0. The zero-order valence-electron chi connectivity index (χ0n) is 12.4. The van der Waals surface area contributed by atoms with Gasteiger partial charge in [-0.2, -0.15) is 0 Å². The zero-order valence-corrected chi connectivity index (χ0v) is 12.4. The van der Waals surface area contributed by atoms with Gasteiger partial charge in [-0.25, -0.2) is 4.79 Å². The number of ether oxygens (including phenoxy) is 3. The van der Waals surface area contributed by atoms with Gasteiger partial charge in [0.15, 0.2) is 12.0 Å². The SMILES string of the molecule is CC1(C)OC2C(CO)OC(N3CC(CO)C(=O)NC3=O)C2O1. The molecule has 5 unspecified atom stereocenters. The summed E-state index contributed by atoms with van der Waals surface area (Å²) in [7, 11) is 0. The number of imide groups is 1. The largest absolute Gasteiger partial charge is 0.395 e. The summed E-state index contributed by atoms with van der Waals surface area (Å²) in [6.45, 7) is 2.87. The van der Waals surface area contributed by atoms with Crippen molar-refractivity contribution in [3.8, 4) is 0 Å². The molecule has 3 amide bonds. The number of rotatable bonds is 3. The molecule has 22 heavy (non-hydrogen) atoms. The number of fused-ring (bicyclic) bond motifs is 1. The van der Waals surface area contributed by atoms with Crippen molar-refractivity contribution >= 4 is 11.9 Å². The Hall–Kier alpha value is -1.26. The average Bonchev–Trinajstić information content (AvgIpc) is 2.92. The first-order chi connectivity index (χ1) is 10.4. The first kappa shape index (κ1) is 15.6. The highest BCUT2D eigenvalue weighted by Crippen LogP contribution is 2.40. The van der Waals surface area contributed by atoms with Gasteiger partial charge in [0.25, 0.3) is 0 Å². The molecule has 0 bridgehead atoms. The standard InChI is InChI=1S/C13H20N2O7/c1-13(2)21-8-7(5-17)20-11(9(8)22-13)15-3-6(4-16)10(18)14-12(15)19/h6-9,11,16-17H,3-5H2,1-2H3,(H,14,18,19). The number of carbonyl (C=O) groups is 2. The first-order valence-electron chi connectivity index (χ1n) is 7.20. The van der Waals surface area contributed by atoms with Crippen LogP contribution in [-0.2, 0) is 19.0 Å². The molecular formula is C13H20N2O7. The highest BCUT2D eigenvalue weighted by Gasteiger charge is 2.58. The van der Waals surface area contributed by atoms with Gasteiger partial charge in [-0.05, 0) is 13.8 Å². The second kappa shape index (κ2) is 5.43. The molecule has 3 aliphatic heterocycles. The summed E-state index contributed by atoms with van der Waals surface area (Å²) >= 11 is 0. The minimum atomic E-state index is -0.844. The van der Waals surface area contributed by atoms with E-state index in [-0.39, 0.29) is 19.8 Å². The van der Waals surface area contributed by atoms with Crippen LogP contribution in [0.4, 0.5) is 4.79 Å². The predicted molar refractivity (Wildman–Crippen MR) is 70.4 cm³/mol. The molecule has 9 nitrogen and oxygen atoms in total. The Labute approximate surface area is 127 Å². The summed E-state index contributed by atoms with van der Waals surface area (Å²) in [5.74, 6) is -2.08. The van der Waals surface area contributed by atoms with E-state index in [2.05, 4.69) is 5.32 Å². The minimum absolute atomic E-state index is 0.0248. The van der Waals surface area contributed by atoms with E-state index < -0.39 is 48.2 Å². The summed E-state index contributed by atoms with van der Waals surface area (Å²) in [4.78, 5) is 25.0. The molecule has 124 valence electrons. The quantitative estimate of drug-likeness (QED) is 0.573. The molecule has 3 fully saturated rings. The van der Waals surface area contributed by atoms with Crippen LogP contribution >= 0.6 is 0 Å². The van der Waals surface area contributed by atoms with Crippen LogP contribution in [0.1, 0.15) is 13.8 Å². The van der Waals surface area contributed by atoms with Gasteiger partial charge >= 0.3 is 6.03 Å².